The molecule has 36 valence electrons. The Labute approximate surface area is 50.5 Å². The van der Waals surface area contributed by atoms with Crippen molar-refractivity contribution < 1.29 is 5.11 Å². The van der Waals surface area contributed by atoms with E-state index >= 15 is 0 Å². The summed E-state index contributed by atoms with van der Waals surface area (Å²) in [6.07, 6.45) is 0. The average molecular weight is 169 g/mol. The van der Waals surface area contributed by atoms with Crippen LogP contribution in [-0.2, 0) is 0 Å². The molecule has 6 heavy (non-hydrogen) atoms. The van der Waals surface area contributed by atoms with Gasteiger partial charge in [-0.3, -0.25) is 0 Å². The Morgan fingerprint density at radius 1 is 2.00 bits per heavy atom. The second-order valence-electron chi connectivity index (χ2n) is 0.954. The summed E-state index contributed by atoms with van der Waals surface area (Å²) in [7, 11) is 0. The van der Waals surface area contributed by atoms with E-state index in [0.29, 0.717) is 0 Å². The maximum atomic E-state index is 8.31. The molecule has 0 aliphatic heterocycles. The number of hydrogen-bond donors (Lipinski definition) is 1. The van der Waals surface area contributed by atoms with E-state index in [4.69, 9.17) is 5.11 Å². The highest BCUT2D eigenvalue weighted by atomic mass is 79.9. The monoisotopic (exact) mass is 168 g/mol. The van der Waals surface area contributed by atoms with Crippen LogP contribution in [0.2, 0.25) is 0 Å². The normalized spacial score (nSPS) is 13.7. The predicted octanol–water partition coefficient (Wildman–Crippen LogP) is 1.66. The van der Waals surface area contributed by atoms with E-state index in [0.717, 1.165) is 0 Å². The maximum Gasteiger partial charge on any atom is 0.170 e. The van der Waals surface area contributed by atoms with Gasteiger partial charge in [0.2, 0.25) is 0 Å². The fraction of sp³-hybridized carbons (Fsp3) is 0.667. The molecule has 0 aromatic heterocycles. The molecule has 0 amide bonds. The number of aliphatic hydroxyl groups excluding tert-OH is 1. The number of rotatable bonds is 1. The molecular formula is C3H5BrOS. The first-order chi connectivity index (χ1) is 2.64. The van der Waals surface area contributed by atoms with Crippen molar-refractivity contribution in [3.63, 3.8) is 0 Å². The van der Waals surface area contributed by atoms with E-state index < -0.39 is 0 Å². The van der Waals surface area contributed by atoms with Crippen molar-refractivity contribution in [3.05, 3.63) is 0 Å². The van der Waals surface area contributed by atoms with Gasteiger partial charge < -0.3 is 5.11 Å². The molecular weight excluding hydrogens is 164 g/mol. The lowest BCUT2D eigenvalue weighted by atomic mass is 10.5. The Balaban J connectivity index is 3.26. The Bertz CT molecular complexity index is 61.8. The van der Waals surface area contributed by atoms with Gasteiger partial charge in [-0.05, 0) is 19.1 Å². The first-order valence-electron chi connectivity index (χ1n) is 1.51. The van der Waals surface area contributed by atoms with Gasteiger partial charge >= 0.3 is 0 Å². The molecule has 0 aromatic rings. The van der Waals surface area contributed by atoms with Crippen LogP contribution in [0.5, 0.6) is 0 Å². The molecule has 0 aliphatic carbocycles. The molecule has 0 fully saturated rings. The molecule has 0 aromatic carbocycles. The number of thiocarbonyl (C=S) groups is 1. The smallest absolute Gasteiger partial charge is 0.170 e. The van der Waals surface area contributed by atoms with Gasteiger partial charge in [-0.15, -0.1) is 0 Å². The van der Waals surface area contributed by atoms with E-state index in [1.165, 1.54) is 0 Å². The van der Waals surface area contributed by atoms with Gasteiger partial charge in [-0.25, -0.2) is 0 Å². The summed E-state index contributed by atoms with van der Waals surface area (Å²) in [4.78, 5) is -0.0486. The minimum atomic E-state index is -0.0486. The summed E-state index contributed by atoms with van der Waals surface area (Å²) in [6, 6.07) is 0. The van der Waals surface area contributed by atoms with Gasteiger partial charge in [0.15, 0.2) is 5.05 Å². The third kappa shape index (κ3) is 2.60. The SMILES string of the molecule is CC(Br)C(O)=S. The summed E-state index contributed by atoms with van der Waals surface area (Å²) in [5, 5.41) is 8.32. The molecule has 0 saturated heterocycles. The lowest BCUT2D eigenvalue weighted by molar-refractivity contribution is 0.556. The van der Waals surface area contributed by atoms with Crippen LogP contribution in [0.1, 0.15) is 6.92 Å². The standard InChI is InChI=1S/C3H5BrOS/c1-2(4)3(5)6/h2H,1H3,(H,5,6). The summed E-state index contributed by atoms with van der Waals surface area (Å²) >= 11 is 7.38. The highest BCUT2D eigenvalue weighted by Gasteiger charge is 1.96. The van der Waals surface area contributed by atoms with Crippen molar-refractivity contribution in [1.82, 2.24) is 0 Å². The van der Waals surface area contributed by atoms with Crippen LogP contribution in [0.4, 0.5) is 0 Å². The largest absolute Gasteiger partial charge is 0.501 e. The molecule has 1 unspecified atom stereocenters. The maximum absolute atomic E-state index is 8.31. The van der Waals surface area contributed by atoms with Crippen LogP contribution in [0.3, 0.4) is 0 Å². The fourth-order valence-corrected chi connectivity index (χ4v) is 0. The number of halogens is 1. The molecule has 0 bridgehead atoms. The summed E-state index contributed by atoms with van der Waals surface area (Å²) in [5.41, 5.74) is 0. The van der Waals surface area contributed by atoms with Crippen LogP contribution in [0, 0.1) is 0 Å². The summed E-state index contributed by atoms with van der Waals surface area (Å²) in [5.74, 6) is 0. The summed E-state index contributed by atoms with van der Waals surface area (Å²) in [6.45, 7) is 1.77. The zero-order valence-corrected chi connectivity index (χ0v) is 5.71. The van der Waals surface area contributed by atoms with E-state index in [1.54, 1.807) is 6.92 Å². The molecule has 1 nitrogen and oxygen atoms in total. The highest BCUT2D eigenvalue weighted by Crippen LogP contribution is 1.96. The van der Waals surface area contributed by atoms with Crippen LogP contribution >= 0.6 is 28.1 Å². The fourth-order valence-electron chi connectivity index (χ4n) is 0. The lowest BCUT2D eigenvalue weighted by Crippen LogP contribution is -2.03. The molecule has 0 rings (SSSR count). The Hall–Kier alpha value is 0.370. The van der Waals surface area contributed by atoms with Crippen molar-refractivity contribution >= 4 is 33.2 Å². The second kappa shape index (κ2) is 2.53. The lowest BCUT2D eigenvalue weighted by Gasteiger charge is -1.91. The third-order valence-corrected chi connectivity index (χ3v) is 1.43. The molecule has 1 atom stereocenters. The zero-order chi connectivity index (χ0) is 5.15. The molecule has 0 spiro atoms. The Morgan fingerprint density at radius 2 is 2.17 bits per heavy atom. The van der Waals surface area contributed by atoms with Crippen LogP contribution in [-0.4, -0.2) is 15.0 Å². The first-order valence-corrected chi connectivity index (χ1v) is 2.84. The van der Waals surface area contributed by atoms with Crippen molar-refractivity contribution in [3.8, 4) is 0 Å². The van der Waals surface area contributed by atoms with Gasteiger partial charge in [0.25, 0.3) is 0 Å². The van der Waals surface area contributed by atoms with E-state index in [-0.39, 0.29) is 9.88 Å². The van der Waals surface area contributed by atoms with Crippen molar-refractivity contribution in [2.75, 3.05) is 0 Å². The zero-order valence-electron chi connectivity index (χ0n) is 3.31. The van der Waals surface area contributed by atoms with Gasteiger partial charge in [0.05, 0.1) is 4.83 Å². The van der Waals surface area contributed by atoms with Gasteiger partial charge in [-0.1, -0.05) is 15.9 Å². The molecule has 0 saturated carbocycles. The van der Waals surface area contributed by atoms with Gasteiger partial charge in [0, 0.05) is 0 Å². The van der Waals surface area contributed by atoms with Crippen LogP contribution < -0.4 is 0 Å². The van der Waals surface area contributed by atoms with Gasteiger partial charge in [0.1, 0.15) is 0 Å². The van der Waals surface area contributed by atoms with Crippen molar-refractivity contribution in [1.29, 1.82) is 0 Å². The minimum absolute atomic E-state index is 0.00926. The van der Waals surface area contributed by atoms with E-state index in [1.807, 2.05) is 0 Å². The third-order valence-electron chi connectivity index (χ3n) is 0.340. The van der Waals surface area contributed by atoms with Crippen LogP contribution in [0.15, 0.2) is 0 Å². The van der Waals surface area contributed by atoms with Crippen molar-refractivity contribution in [2.24, 2.45) is 0 Å². The Kier molecular flexibility index (Phi) is 2.68. The molecule has 0 aliphatic rings. The van der Waals surface area contributed by atoms with Crippen molar-refractivity contribution in [2.45, 2.75) is 11.8 Å². The highest BCUT2D eigenvalue weighted by molar-refractivity contribution is 9.10. The predicted molar refractivity (Wildman–Crippen MR) is 33.6 cm³/mol. The number of alkyl halides is 1. The first kappa shape index (κ1) is 6.37. The number of aliphatic hydroxyl groups is 1. The quantitative estimate of drug-likeness (QED) is 0.475. The second-order valence-corrected chi connectivity index (χ2v) is 2.75. The molecule has 0 heterocycles. The molecule has 3 heteroatoms. The Morgan fingerprint density at radius 3 is 2.17 bits per heavy atom. The minimum Gasteiger partial charge on any atom is -0.501 e. The van der Waals surface area contributed by atoms with E-state index in [9.17, 15) is 0 Å². The average Bonchev–Trinajstić information content (AvgIpc) is 1.36. The van der Waals surface area contributed by atoms with Gasteiger partial charge in [-0.2, -0.15) is 0 Å². The topological polar surface area (TPSA) is 20.2 Å². The molecule has 1 N–H and O–H groups in total. The van der Waals surface area contributed by atoms with E-state index in [2.05, 4.69) is 28.1 Å². The summed E-state index contributed by atoms with van der Waals surface area (Å²) < 4.78 is 0. The number of hydrogen-bond acceptors (Lipinski definition) is 1. The van der Waals surface area contributed by atoms with Crippen LogP contribution in [0.25, 0.3) is 0 Å². The molecule has 0 radical (unpaired) electrons.